The van der Waals surface area contributed by atoms with Crippen molar-refractivity contribution < 1.29 is 56.2 Å². The molecule has 8 heavy (non-hydrogen) atoms. The van der Waals surface area contributed by atoms with Crippen LogP contribution in [0.25, 0.3) is 0 Å². The fraction of sp³-hybridized carbons (Fsp3) is 0. The average molecular weight is 235 g/mol. The van der Waals surface area contributed by atoms with E-state index in [9.17, 15) is 0 Å². The van der Waals surface area contributed by atoms with Crippen molar-refractivity contribution in [2.24, 2.45) is 0 Å². The Morgan fingerprint density at radius 2 is 1.25 bits per heavy atom. The van der Waals surface area contributed by atoms with Gasteiger partial charge in [-0.3, -0.25) is 0 Å². The van der Waals surface area contributed by atoms with Gasteiger partial charge >= 0.3 is 30.9 Å². The summed E-state index contributed by atoms with van der Waals surface area (Å²) in [5.74, 6) is 0. The van der Waals surface area contributed by atoms with Crippen LogP contribution in [0.2, 0.25) is 0 Å². The van der Waals surface area contributed by atoms with Crippen LogP contribution in [0.4, 0.5) is 0 Å². The zero-order valence-corrected chi connectivity index (χ0v) is 8.23. The first kappa shape index (κ1) is 22.5. The monoisotopic (exact) mass is 235 g/mol. The molecule has 1 radical (unpaired) electrons. The molecular weight excluding hydrogens is 230 g/mol. The fourth-order valence-electron chi connectivity index (χ4n) is 0. The molecule has 0 aromatic rings. The summed E-state index contributed by atoms with van der Waals surface area (Å²) in [5.41, 5.74) is 0. The molecule has 0 rings (SSSR count). The third kappa shape index (κ3) is 103. The Balaban J connectivity index is -0.00000000800. The van der Waals surface area contributed by atoms with Crippen molar-refractivity contribution in [3.63, 3.8) is 0 Å². The van der Waals surface area contributed by atoms with Gasteiger partial charge in [0.1, 0.15) is 0 Å². The molecule has 0 spiro atoms. The van der Waals surface area contributed by atoms with Gasteiger partial charge in [0.25, 0.3) is 0 Å². The quantitative estimate of drug-likeness (QED) is 0.368. The van der Waals surface area contributed by atoms with E-state index >= 15 is 0 Å². The third-order valence-corrected chi connectivity index (χ3v) is 0. The average Bonchev–Trinajstić information content (AvgIpc) is 0.722. The number of hydrogen-bond acceptors (Lipinski definition) is 1. The zero-order chi connectivity index (χ0) is 4.50. The van der Waals surface area contributed by atoms with E-state index in [1.165, 1.54) is 0 Å². The van der Waals surface area contributed by atoms with Crippen LogP contribution in [-0.4, -0.2) is 37.7 Å². The molecule has 0 aromatic carbocycles. The standard InChI is InChI=1S/Fe.Mg.Mn.H3O4P.2H/c;;;1-5(2,3)4;;/h;;;(H3,1,2,3,4);;/q;+2;;;2*-1. The minimum Gasteiger partial charge on any atom is -1.00 e. The van der Waals surface area contributed by atoms with Crippen LogP contribution in [-0.2, 0) is 38.7 Å². The molecule has 0 saturated heterocycles. The Bertz CT molecular complexity index is 69.4. The molecule has 0 unspecified atom stereocenters. The molecule has 0 amide bonds. The summed E-state index contributed by atoms with van der Waals surface area (Å²) in [6, 6.07) is 0. The van der Waals surface area contributed by atoms with Crippen LogP contribution < -0.4 is 0 Å². The van der Waals surface area contributed by atoms with E-state index in [1.54, 1.807) is 0 Å². The summed E-state index contributed by atoms with van der Waals surface area (Å²) in [7, 11) is -4.64. The van der Waals surface area contributed by atoms with Crippen molar-refractivity contribution in [3.8, 4) is 0 Å². The molecule has 51 valence electrons. The summed E-state index contributed by atoms with van der Waals surface area (Å²) in [4.78, 5) is 21.6. The predicted octanol–water partition coefficient (Wildman–Crippen LogP) is -1.09. The van der Waals surface area contributed by atoms with Crippen molar-refractivity contribution in [2.45, 2.75) is 0 Å². The van der Waals surface area contributed by atoms with Gasteiger partial charge in [-0.05, 0) is 0 Å². The van der Waals surface area contributed by atoms with E-state index in [0.29, 0.717) is 0 Å². The second kappa shape index (κ2) is 8.92. The Kier molecular flexibility index (Phi) is 25.1. The van der Waals surface area contributed by atoms with E-state index in [4.69, 9.17) is 19.2 Å². The van der Waals surface area contributed by atoms with Crippen LogP contribution in [0.1, 0.15) is 2.85 Å². The second-order valence-electron chi connectivity index (χ2n) is 0.513. The molecule has 0 aliphatic rings. The molecule has 3 N–H and O–H groups in total. The maximum atomic E-state index is 8.88. The van der Waals surface area contributed by atoms with Gasteiger partial charge in [-0.1, -0.05) is 0 Å². The van der Waals surface area contributed by atoms with Gasteiger partial charge in [0.05, 0.1) is 0 Å². The molecule has 0 fully saturated rings. The van der Waals surface area contributed by atoms with Gasteiger partial charge in [-0.25, -0.2) is 4.57 Å². The molecule has 0 atom stereocenters. The second-order valence-corrected chi connectivity index (χ2v) is 1.54. The molecule has 0 heterocycles. The van der Waals surface area contributed by atoms with Crippen molar-refractivity contribution in [2.75, 3.05) is 0 Å². The molecule has 0 saturated carbocycles. The number of hydrogen-bond donors (Lipinski definition) is 3. The molecule has 0 aromatic heterocycles. The Labute approximate surface area is 86.7 Å². The first-order chi connectivity index (χ1) is 2.00. The first-order valence-corrected chi connectivity index (χ1v) is 2.35. The van der Waals surface area contributed by atoms with Gasteiger partial charge in [0.2, 0.25) is 0 Å². The van der Waals surface area contributed by atoms with Crippen molar-refractivity contribution in [1.82, 2.24) is 0 Å². The molecule has 0 aliphatic heterocycles. The zero-order valence-electron chi connectivity index (χ0n) is 5.64. The number of rotatable bonds is 0. The maximum absolute atomic E-state index is 8.88. The Hall–Kier alpha value is 1.92. The number of phosphoric acid groups is 1. The molecule has 8 heteroatoms. The summed E-state index contributed by atoms with van der Waals surface area (Å²) in [5, 5.41) is 0. The van der Waals surface area contributed by atoms with Crippen LogP contribution in [0, 0.1) is 0 Å². The van der Waals surface area contributed by atoms with Crippen LogP contribution in [0.15, 0.2) is 0 Å². The summed E-state index contributed by atoms with van der Waals surface area (Å²) < 4.78 is 8.88. The minimum atomic E-state index is -4.64. The summed E-state index contributed by atoms with van der Waals surface area (Å²) >= 11 is 0. The van der Waals surface area contributed by atoms with Gasteiger partial charge < -0.3 is 17.5 Å². The third-order valence-electron chi connectivity index (χ3n) is 0. The van der Waals surface area contributed by atoms with Gasteiger partial charge in [0, 0.05) is 34.1 Å². The Morgan fingerprint density at radius 3 is 1.25 bits per heavy atom. The topological polar surface area (TPSA) is 77.8 Å². The first-order valence-electron chi connectivity index (χ1n) is 0.783. The van der Waals surface area contributed by atoms with Crippen LogP contribution in [0.3, 0.4) is 0 Å². The minimum absolute atomic E-state index is 0. The fourth-order valence-corrected chi connectivity index (χ4v) is 0. The van der Waals surface area contributed by atoms with Crippen LogP contribution in [0.5, 0.6) is 0 Å². The van der Waals surface area contributed by atoms with E-state index in [2.05, 4.69) is 0 Å². The molecule has 0 bridgehead atoms. The predicted molar refractivity (Wildman–Crippen MR) is 22.2 cm³/mol. The molecular formula is H5FeMgMnO4P. The van der Waals surface area contributed by atoms with Gasteiger partial charge in [-0.2, -0.15) is 0 Å². The van der Waals surface area contributed by atoms with E-state index in [1.807, 2.05) is 0 Å². The van der Waals surface area contributed by atoms with Crippen molar-refractivity contribution in [1.29, 1.82) is 0 Å². The van der Waals surface area contributed by atoms with Gasteiger partial charge in [-0.15, -0.1) is 0 Å². The summed E-state index contributed by atoms with van der Waals surface area (Å²) in [6.07, 6.45) is 0. The van der Waals surface area contributed by atoms with Gasteiger partial charge in [0.15, 0.2) is 0 Å². The van der Waals surface area contributed by atoms with Crippen LogP contribution >= 0.6 is 7.82 Å². The Morgan fingerprint density at radius 1 is 1.25 bits per heavy atom. The normalized spacial score (nSPS) is 7.38. The molecule has 4 nitrogen and oxygen atoms in total. The van der Waals surface area contributed by atoms with E-state index in [0.717, 1.165) is 0 Å². The SMILES string of the molecule is O=P(O)(O)O.[Fe].[H-].[H-].[Mg+2].[Mn]. The smallest absolute Gasteiger partial charge is 1.00 e. The van der Waals surface area contributed by atoms with E-state index in [-0.39, 0.29) is 60.0 Å². The van der Waals surface area contributed by atoms with Crippen molar-refractivity contribution >= 4 is 30.9 Å². The molecule has 0 aliphatic carbocycles. The van der Waals surface area contributed by atoms with Crippen molar-refractivity contribution in [3.05, 3.63) is 0 Å². The summed E-state index contributed by atoms with van der Waals surface area (Å²) in [6.45, 7) is 0. The largest absolute Gasteiger partial charge is 2.00 e. The maximum Gasteiger partial charge on any atom is 2.00 e. The van der Waals surface area contributed by atoms with E-state index < -0.39 is 7.82 Å².